The highest BCUT2D eigenvalue weighted by molar-refractivity contribution is 6.18. The lowest BCUT2D eigenvalue weighted by Crippen LogP contribution is -2.34. The quantitative estimate of drug-likeness (QED) is 0.419. The van der Waals surface area contributed by atoms with Crippen LogP contribution in [0.2, 0.25) is 0 Å². The average Bonchev–Trinajstić information content (AvgIpc) is 3.08. The predicted molar refractivity (Wildman–Crippen MR) is 137 cm³/mol. The third kappa shape index (κ3) is 5.43. The average molecular weight is 471 g/mol. The lowest BCUT2D eigenvalue weighted by molar-refractivity contribution is -0.145. The van der Waals surface area contributed by atoms with Gasteiger partial charge in [0.05, 0.1) is 16.8 Å². The smallest absolute Gasteiger partial charge is 0.349 e. The van der Waals surface area contributed by atoms with Crippen molar-refractivity contribution in [3.8, 4) is 5.75 Å². The first kappa shape index (κ1) is 24.2. The van der Waals surface area contributed by atoms with Gasteiger partial charge < -0.3 is 9.84 Å². The molecule has 0 fully saturated rings. The van der Waals surface area contributed by atoms with Crippen molar-refractivity contribution < 1.29 is 19.4 Å². The number of hydrazone groups is 1. The van der Waals surface area contributed by atoms with Gasteiger partial charge in [0, 0.05) is 5.56 Å². The maximum absolute atomic E-state index is 13.0. The molecule has 1 aliphatic heterocycles. The Morgan fingerprint density at radius 1 is 0.971 bits per heavy atom. The molecule has 0 aromatic heterocycles. The summed E-state index contributed by atoms with van der Waals surface area (Å²) >= 11 is 0. The van der Waals surface area contributed by atoms with Crippen LogP contribution in [-0.2, 0) is 16.0 Å². The molecule has 3 aromatic carbocycles. The Bertz CT molecular complexity index is 1220. The Labute approximate surface area is 205 Å². The van der Waals surface area contributed by atoms with Crippen molar-refractivity contribution in [2.75, 3.05) is 5.01 Å². The number of carbonyl (C=O) groups excluding carboxylic acids is 1. The molecule has 0 saturated carbocycles. The highest BCUT2D eigenvalue weighted by atomic mass is 16.5. The number of amides is 1. The van der Waals surface area contributed by atoms with E-state index in [1.807, 2.05) is 63.2 Å². The maximum Gasteiger partial charge on any atom is 0.349 e. The van der Waals surface area contributed by atoms with Crippen molar-refractivity contribution >= 4 is 23.3 Å². The highest BCUT2D eigenvalue weighted by Gasteiger charge is 2.43. The molecule has 0 bridgehead atoms. The first-order valence-corrected chi connectivity index (χ1v) is 11.8. The van der Waals surface area contributed by atoms with E-state index in [-0.39, 0.29) is 5.91 Å². The summed E-state index contributed by atoms with van der Waals surface area (Å²) in [4.78, 5) is 24.7. The van der Waals surface area contributed by atoms with Gasteiger partial charge in [-0.3, -0.25) is 4.79 Å². The molecule has 1 atom stereocenters. The number of carboxylic acids is 1. The number of carbonyl (C=O) groups is 2. The molecular formula is C29H30N2O4. The standard InChI is InChI=1S/C29H30N2O4/c1-20-12-16-23(17-13-20)31-28(34)29(2,3)25(30-31)11-7-8-21-14-18-24(19-15-21)35-26(27(32)33)22-9-5-4-6-10-22/h4-6,9-10,12-19,26H,7-8,11H2,1-3H3,(H,32,33). The molecule has 1 amide bonds. The Hall–Kier alpha value is -3.93. The van der Waals surface area contributed by atoms with E-state index in [4.69, 9.17) is 4.74 Å². The Morgan fingerprint density at radius 3 is 2.26 bits per heavy atom. The van der Waals surface area contributed by atoms with Crippen molar-refractivity contribution in [1.82, 2.24) is 0 Å². The molecule has 6 nitrogen and oxygen atoms in total. The molecule has 0 radical (unpaired) electrons. The van der Waals surface area contributed by atoms with Crippen LogP contribution in [0.25, 0.3) is 0 Å². The van der Waals surface area contributed by atoms with E-state index >= 15 is 0 Å². The fourth-order valence-electron chi connectivity index (χ4n) is 4.12. The molecular weight excluding hydrogens is 440 g/mol. The minimum atomic E-state index is -1.06. The summed E-state index contributed by atoms with van der Waals surface area (Å²) in [6.45, 7) is 5.88. The zero-order chi connectivity index (χ0) is 25.0. The van der Waals surface area contributed by atoms with Crippen LogP contribution in [0, 0.1) is 12.3 Å². The zero-order valence-corrected chi connectivity index (χ0v) is 20.3. The van der Waals surface area contributed by atoms with E-state index in [1.165, 1.54) is 5.01 Å². The summed E-state index contributed by atoms with van der Waals surface area (Å²) in [5, 5.41) is 15.8. The fourth-order valence-corrected chi connectivity index (χ4v) is 4.12. The molecule has 0 aliphatic carbocycles. The topological polar surface area (TPSA) is 79.2 Å². The van der Waals surface area contributed by atoms with Crippen molar-refractivity contribution in [2.45, 2.75) is 46.1 Å². The molecule has 6 heteroatoms. The molecule has 1 N–H and O–H groups in total. The molecule has 0 saturated heterocycles. The second kappa shape index (κ2) is 10.1. The third-order valence-corrected chi connectivity index (χ3v) is 6.33. The highest BCUT2D eigenvalue weighted by Crippen LogP contribution is 2.34. The summed E-state index contributed by atoms with van der Waals surface area (Å²) in [5.74, 6) is -0.538. The Morgan fingerprint density at radius 2 is 1.63 bits per heavy atom. The lowest BCUT2D eigenvalue weighted by Gasteiger charge is -2.19. The Balaban J connectivity index is 1.37. The van der Waals surface area contributed by atoms with Crippen LogP contribution in [0.3, 0.4) is 0 Å². The van der Waals surface area contributed by atoms with Gasteiger partial charge in [-0.2, -0.15) is 5.10 Å². The van der Waals surface area contributed by atoms with Crippen LogP contribution in [0.5, 0.6) is 5.75 Å². The number of carboxylic acid groups (broad SMARTS) is 1. The van der Waals surface area contributed by atoms with Gasteiger partial charge in [0.15, 0.2) is 0 Å². The van der Waals surface area contributed by atoms with Gasteiger partial charge in [0.1, 0.15) is 5.75 Å². The summed E-state index contributed by atoms with van der Waals surface area (Å²) in [7, 11) is 0. The molecule has 1 unspecified atom stereocenters. The van der Waals surface area contributed by atoms with Crippen LogP contribution in [-0.4, -0.2) is 22.7 Å². The number of anilines is 1. The van der Waals surface area contributed by atoms with E-state index in [2.05, 4.69) is 5.10 Å². The van der Waals surface area contributed by atoms with Crippen molar-refractivity contribution in [3.63, 3.8) is 0 Å². The van der Waals surface area contributed by atoms with Gasteiger partial charge in [0.2, 0.25) is 6.10 Å². The van der Waals surface area contributed by atoms with Crippen LogP contribution in [0.4, 0.5) is 5.69 Å². The number of ether oxygens (including phenoxy) is 1. The molecule has 3 aromatic rings. The van der Waals surface area contributed by atoms with Crippen LogP contribution in [0.15, 0.2) is 84.0 Å². The normalized spacial score (nSPS) is 15.6. The fraction of sp³-hybridized carbons (Fsp3) is 0.276. The van der Waals surface area contributed by atoms with Gasteiger partial charge in [-0.15, -0.1) is 0 Å². The number of nitrogens with zero attached hydrogens (tertiary/aromatic N) is 2. The molecule has 1 aliphatic rings. The number of aryl methyl sites for hydroxylation is 2. The largest absolute Gasteiger partial charge is 0.478 e. The summed E-state index contributed by atoms with van der Waals surface area (Å²) in [6, 6.07) is 24.2. The van der Waals surface area contributed by atoms with Gasteiger partial charge in [-0.25, -0.2) is 9.80 Å². The second-order valence-corrected chi connectivity index (χ2v) is 9.37. The molecule has 0 spiro atoms. The lowest BCUT2D eigenvalue weighted by atomic mass is 9.84. The molecule has 4 rings (SSSR count). The maximum atomic E-state index is 13.0. The predicted octanol–water partition coefficient (Wildman–Crippen LogP) is 5.95. The van der Waals surface area contributed by atoms with Crippen molar-refractivity contribution in [2.24, 2.45) is 10.5 Å². The number of aliphatic carboxylic acids is 1. The van der Waals surface area contributed by atoms with Gasteiger partial charge in [-0.05, 0) is 69.9 Å². The van der Waals surface area contributed by atoms with E-state index in [0.29, 0.717) is 17.7 Å². The monoisotopic (exact) mass is 470 g/mol. The number of rotatable bonds is 9. The number of hydrogen-bond acceptors (Lipinski definition) is 4. The summed E-state index contributed by atoms with van der Waals surface area (Å²) in [5.41, 5.74) is 3.88. The van der Waals surface area contributed by atoms with Crippen LogP contribution in [0.1, 0.15) is 49.5 Å². The minimum absolute atomic E-state index is 0.00995. The van der Waals surface area contributed by atoms with Crippen LogP contribution < -0.4 is 9.75 Å². The van der Waals surface area contributed by atoms with Crippen LogP contribution >= 0.6 is 0 Å². The summed E-state index contributed by atoms with van der Waals surface area (Å²) in [6.07, 6.45) is 1.32. The molecule has 1 heterocycles. The van der Waals surface area contributed by atoms with E-state index in [9.17, 15) is 14.7 Å². The number of hydrogen-bond donors (Lipinski definition) is 1. The second-order valence-electron chi connectivity index (χ2n) is 9.37. The van der Waals surface area contributed by atoms with Crippen molar-refractivity contribution in [3.05, 3.63) is 95.6 Å². The Kier molecular flexibility index (Phi) is 7.01. The van der Waals surface area contributed by atoms with E-state index < -0.39 is 17.5 Å². The summed E-state index contributed by atoms with van der Waals surface area (Å²) < 4.78 is 5.74. The molecule has 35 heavy (non-hydrogen) atoms. The van der Waals surface area contributed by atoms with E-state index in [1.54, 1.807) is 36.4 Å². The zero-order valence-electron chi connectivity index (χ0n) is 20.3. The van der Waals surface area contributed by atoms with Gasteiger partial charge in [0.25, 0.3) is 5.91 Å². The van der Waals surface area contributed by atoms with Crippen molar-refractivity contribution in [1.29, 1.82) is 0 Å². The molecule has 180 valence electrons. The number of benzene rings is 3. The van der Waals surface area contributed by atoms with Gasteiger partial charge in [-0.1, -0.05) is 60.2 Å². The van der Waals surface area contributed by atoms with E-state index in [0.717, 1.165) is 35.4 Å². The minimum Gasteiger partial charge on any atom is -0.478 e. The first-order chi connectivity index (χ1) is 16.8. The first-order valence-electron chi connectivity index (χ1n) is 11.8. The van der Waals surface area contributed by atoms with Gasteiger partial charge >= 0.3 is 5.97 Å². The third-order valence-electron chi connectivity index (χ3n) is 6.33. The SMILES string of the molecule is Cc1ccc(N2N=C(CCCc3ccc(OC(C(=O)O)c4ccccc4)cc3)C(C)(C)C2=O)cc1.